The van der Waals surface area contributed by atoms with Crippen molar-refractivity contribution >= 4 is 39.1 Å². The lowest BCUT2D eigenvalue weighted by Gasteiger charge is -2.34. The first-order chi connectivity index (χ1) is 20.1. The Hall–Kier alpha value is -3.76. The molecule has 0 bridgehead atoms. The Morgan fingerprint density at radius 3 is 2.36 bits per heavy atom. The van der Waals surface area contributed by atoms with Crippen molar-refractivity contribution in [3.05, 3.63) is 88.9 Å². The summed E-state index contributed by atoms with van der Waals surface area (Å²) in [5.41, 5.74) is 1.83. The molecule has 1 aliphatic rings. The van der Waals surface area contributed by atoms with Crippen LogP contribution in [0.25, 0.3) is 0 Å². The lowest BCUT2D eigenvalue weighted by molar-refractivity contribution is -0.140. The number of anilines is 1. The first-order valence-electron chi connectivity index (χ1n) is 13.9. The van der Waals surface area contributed by atoms with Crippen LogP contribution in [-0.2, 0) is 32.6 Å². The molecule has 3 aromatic carbocycles. The molecular weight excluding hydrogens is 578 g/mol. The quantitative estimate of drug-likeness (QED) is 0.298. The van der Waals surface area contributed by atoms with E-state index in [9.17, 15) is 18.0 Å². The fourth-order valence-electron chi connectivity index (χ4n) is 4.59. The maximum Gasteiger partial charge on any atom is 0.244 e. The van der Waals surface area contributed by atoms with Crippen LogP contribution in [0.4, 0.5) is 5.69 Å². The van der Waals surface area contributed by atoms with Gasteiger partial charge in [-0.15, -0.1) is 0 Å². The maximum absolute atomic E-state index is 14.3. The first-order valence-corrected chi connectivity index (χ1v) is 15.9. The number of carbonyl (C=O) groups excluding carboxylic acids is 2. The molecule has 1 aliphatic heterocycles. The number of ether oxygens (including phenoxy) is 2. The Kier molecular flexibility index (Phi) is 10.3. The Morgan fingerprint density at radius 1 is 0.952 bits per heavy atom. The van der Waals surface area contributed by atoms with Crippen molar-refractivity contribution in [2.75, 3.05) is 23.4 Å². The van der Waals surface area contributed by atoms with Gasteiger partial charge in [0.25, 0.3) is 0 Å². The summed E-state index contributed by atoms with van der Waals surface area (Å²) in [6.45, 7) is 4.93. The van der Waals surface area contributed by atoms with Crippen LogP contribution < -0.4 is 19.1 Å². The van der Waals surface area contributed by atoms with Crippen LogP contribution in [0.2, 0.25) is 5.02 Å². The van der Waals surface area contributed by atoms with Gasteiger partial charge in [0.05, 0.1) is 11.4 Å². The van der Waals surface area contributed by atoms with Crippen molar-refractivity contribution in [3.63, 3.8) is 0 Å². The smallest absolute Gasteiger partial charge is 0.244 e. The molecule has 42 heavy (non-hydrogen) atoms. The zero-order valence-corrected chi connectivity index (χ0v) is 25.5. The lowest BCUT2D eigenvalue weighted by atomic mass is 10.0. The zero-order valence-electron chi connectivity index (χ0n) is 24.0. The number of benzene rings is 3. The molecule has 0 aromatic heterocycles. The fraction of sp³-hybridized carbons (Fsp3) is 0.355. The average Bonchev–Trinajstić information content (AvgIpc) is 3.46. The fourth-order valence-corrected chi connectivity index (χ4v) is 5.85. The van der Waals surface area contributed by atoms with E-state index < -0.39 is 28.5 Å². The molecule has 1 N–H and O–H groups in total. The molecule has 0 saturated carbocycles. The lowest BCUT2D eigenvalue weighted by Crippen LogP contribution is -2.54. The summed E-state index contributed by atoms with van der Waals surface area (Å²) in [5, 5.41) is 3.50. The summed E-state index contributed by atoms with van der Waals surface area (Å²) in [5.74, 6) is -0.208. The molecule has 0 saturated heterocycles. The number of nitrogens with zero attached hydrogens (tertiary/aromatic N) is 2. The van der Waals surface area contributed by atoms with Crippen molar-refractivity contribution < 1.29 is 27.5 Å². The topological polar surface area (TPSA) is 105 Å². The van der Waals surface area contributed by atoms with Crippen LogP contribution in [0, 0.1) is 0 Å². The Morgan fingerprint density at radius 2 is 1.67 bits per heavy atom. The number of fused-ring (bicyclic) bond motifs is 1. The molecule has 4 rings (SSSR count). The molecule has 0 aliphatic carbocycles. The van der Waals surface area contributed by atoms with Gasteiger partial charge < -0.3 is 19.7 Å². The number of rotatable bonds is 13. The Labute approximate surface area is 252 Å². The standard InChI is InChI=1S/C31H36ClN3O6S/c1-4-22(3)33-31(37)27(17-23-10-7-6-8-11-23)34(19-24-12-9-13-25(32)16-24)30(36)20-35(42(38,39)5-2)26-14-15-28-29(18-26)41-21-40-28/h6-16,18,22,27H,4-5,17,19-21H2,1-3H3,(H,33,37). The summed E-state index contributed by atoms with van der Waals surface area (Å²) < 4.78 is 38.5. The second-order valence-electron chi connectivity index (χ2n) is 10.1. The molecule has 0 radical (unpaired) electrons. The summed E-state index contributed by atoms with van der Waals surface area (Å²) in [4.78, 5) is 29.5. The van der Waals surface area contributed by atoms with E-state index in [-0.39, 0.29) is 43.1 Å². The van der Waals surface area contributed by atoms with Gasteiger partial charge in [-0.3, -0.25) is 13.9 Å². The van der Waals surface area contributed by atoms with Gasteiger partial charge in [0.2, 0.25) is 28.6 Å². The van der Waals surface area contributed by atoms with Gasteiger partial charge in [-0.2, -0.15) is 0 Å². The van der Waals surface area contributed by atoms with Crippen LogP contribution in [0.1, 0.15) is 38.3 Å². The van der Waals surface area contributed by atoms with Crippen LogP contribution in [-0.4, -0.2) is 56.3 Å². The van der Waals surface area contributed by atoms with E-state index in [1.165, 1.54) is 11.8 Å². The average molecular weight is 614 g/mol. The van der Waals surface area contributed by atoms with Gasteiger partial charge in [-0.25, -0.2) is 8.42 Å². The third-order valence-electron chi connectivity index (χ3n) is 7.14. The summed E-state index contributed by atoms with van der Waals surface area (Å²) in [6, 6.07) is 20.1. The predicted molar refractivity (Wildman–Crippen MR) is 163 cm³/mol. The minimum Gasteiger partial charge on any atom is -0.454 e. The number of carbonyl (C=O) groups is 2. The highest BCUT2D eigenvalue weighted by Crippen LogP contribution is 2.36. The van der Waals surface area contributed by atoms with Crippen molar-refractivity contribution in [2.24, 2.45) is 0 Å². The molecule has 9 nitrogen and oxygen atoms in total. The SMILES string of the molecule is CCC(C)NC(=O)C(Cc1ccccc1)N(Cc1cccc(Cl)c1)C(=O)CN(c1ccc2c(c1)OCO2)S(=O)(=O)CC. The monoisotopic (exact) mass is 613 g/mol. The van der Waals surface area contributed by atoms with Crippen LogP contribution in [0.5, 0.6) is 11.5 Å². The molecule has 2 amide bonds. The van der Waals surface area contributed by atoms with E-state index in [1.54, 1.807) is 36.4 Å². The number of amides is 2. The third kappa shape index (κ3) is 7.74. The highest BCUT2D eigenvalue weighted by atomic mass is 35.5. The van der Waals surface area contributed by atoms with Crippen molar-refractivity contribution in [3.8, 4) is 11.5 Å². The second kappa shape index (κ2) is 13.9. The normalized spacial score (nSPS) is 13.7. The maximum atomic E-state index is 14.3. The Bertz CT molecular complexity index is 1500. The van der Waals surface area contributed by atoms with Crippen molar-refractivity contribution in [1.82, 2.24) is 10.2 Å². The molecule has 0 fully saturated rings. The largest absolute Gasteiger partial charge is 0.454 e. The van der Waals surface area contributed by atoms with Gasteiger partial charge in [-0.05, 0) is 55.7 Å². The van der Waals surface area contributed by atoms with E-state index in [0.717, 1.165) is 9.87 Å². The highest BCUT2D eigenvalue weighted by molar-refractivity contribution is 7.92. The van der Waals surface area contributed by atoms with Gasteiger partial charge >= 0.3 is 0 Å². The van der Waals surface area contributed by atoms with Gasteiger partial charge in [0.15, 0.2) is 11.5 Å². The van der Waals surface area contributed by atoms with Crippen LogP contribution in [0.15, 0.2) is 72.8 Å². The van der Waals surface area contributed by atoms with E-state index in [4.69, 9.17) is 21.1 Å². The summed E-state index contributed by atoms with van der Waals surface area (Å²) >= 11 is 6.26. The molecule has 11 heteroatoms. The Balaban J connectivity index is 1.75. The number of halogens is 1. The number of hydrogen-bond acceptors (Lipinski definition) is 6. The second-order valence-corrected chi connectivity index (χ2v) is 12.7. The molecule has 224 valence electrons. The van der Waals surface area contributed by atoms with E-state index in [1.807, 2.05) is 50.2 Å². The van der Waals surface area contributed by atoms with E-state index >= 15 is 0 Å². The van der Waals surface area contributed by atoms with Crippen molar-refractivity contribution in [2.45, 2.75) is 52.2 Å². The van der Waals surface area contributed by atoms with Gasteiger partial charge in [0.1, 0.15) is 12.6 Å². The predicted octanol–water partition coefficient (Wildman–Crippen LogP) is 4.78. The molecule has 3 aromatic rings. The number of nitrogens with one attached hydrogen (secondary N) is 1. The van der Waals surface area contributed by atoms with Gasteiger partial charge in [0, 0.05) is 30.1 Å². The number of sulfonamides is 1. The van der Waals surface area contributed by atoms with E-state index in [0.29, 0.717) is 28.5 Å². The van der Waals surface area contributed by atoms with E-state index in [2.05, 4.69) is 5.32 Å². The molecule has 1 heterocycles. The van der Waals surface area contributed by atoms with Gasteiger partial charge in [-0.1, -0.05) is 61.0 Å². The summed E-state index contributed by atoms with van der Waals surface area (Å²) in [6.07, 6.45) is 0.943. The molecular formula is C31H36ClN3O6S. The van der Waals surface area contributed by atoms with Crippen molar-refractivity contribution in [1.29, 1.82) is 0 Å². The highest BCUT2D eigenvalue weighted by Gasteiger charge is 2.34. The molecule has 0 spiro atoms. The van der Waals surface area contributed by atoms with Crippen LogP contribution >= 0.6 is 11.6 Å². The molecule has 2 atom stereocenters. The first kappa shape index (κ1) is 31.2. The van der Waals surface area contributed by atoms with Crippen LogP contribution in [0.3, 0.4) is 0 Å². The third-order valence-corrected chi connectivity index (χ3v) is 9.11. The minimum atomic E-state index is -3.90. The molecule has 2 unspecified atom stereocenters. The number of hydrogen-bond donors (Lipinski definition) is 1. The summed E-state index contributed by atoms with van der Waals surface area (Å²) in [7, 11) is -3.90. The minimum absolute atomic E-state index is 0.0259. The zero-order chi connectivity index (χ0) is 30.3.